The summed E-state index contributed by atoms with van der Waals surface area (Å²) in [6.45, 7) is 1.64. The Bertz CT molecular complexity index is 1290. The highest BCUT2D eigenvalue weighted by Gasteiger charge is 2.17. The van der Waals surface area contributed by atoms with Crippen LogP contribution in [-0.4, -0.2) is 40.0 Å². The predicted molar refractivity (Wildman–Crippen MR) is 138 cm³/mol. The number of benzene rings is 2. The van der Waals surface area contributed by atoms with Crippen LogP contribution in [-0.2, 0) is 19.6 Å². The number of piperidine rings is 1. The molecule has 0 unspecified atom stereocenters. The van der Waals surface area contributed by atoms with Gasteiger partial charge in [0, 0.05) is 30.2 Å². The van der Waals surface area contributed by atoms with Crippen molar-refractivity contribution in [2.45, 2.75) is 23.5 Å². The van der Waals surface area contributed by atoms with Crippen molar-refractivity contribution in [1.82, 2.24) is 0 Å². The first-order valence-electron chi connectivity index (χ1n) is 11.0. The molecule has 2 heterocycles. The molecule has 8 nitrogen and oxygen atoms in total. The Hall–Kier alpha value is -3.08. The molecule has 2 N–H and O–H groups in total. The molecule has 0 bridgehead atoms. The Morgan fingerprint density at radius 2 is 1.57 bits per heavy atom. The molecule has 0 radical (unpaired) electrons. The molecule has 1 aliphatic heterocycles. The molecule has 184 valence electrons. The van der Waals surface area contributed by atoms with Crippen LogP contribution in [0.2, 0.25) is 4.34 Å². The standard InChI is InChI=1S/C24H24ClN3O5S2/c25-21-12-13-23(34-21)35(31,32)27-19-6-4-17(5-7-19)24(30)33-16-22(29)26-18-8-10-20(11-9-18)28-14-2-1-3-15-28/h4-13,27H,1-3,14-16H2,(H,26,29). The summed E-state index contributed by atoms with van der Waals surface area (Å²) in [6, 6.07) is 16.2. The second-order valence-electron chi connectivity index (χ2n) is 7.96. The third-order valence-corrected chi connectivity index (χ3v) is 8.50. The van der Waals surface area contributed by atoms with Crippen molar-refractivity contribution in [3.8, 4) is 0 Å². The molecular formula is C24H24ClN3O5S2. The van der Waals surface area contributed by atoms with Crippen LogP contribution in [0.4, 0.5) is 17.1 Å². The summed E-state index contributed by atoms with van der Waals surface area (Å²) >= 11 is 6.74. The van der Waals surface area contributed by atoms with E-state index in [1.807, 2.05) is 24.3 Å². The van der Waals surface area contributed by atoms with Crippen LogP contribution >= 0.6 is 22.9 Å². The van der Waals surface area contributed by atoms with Gasteiger partial charge in [-0.25, -0.2) is 13.2 Å². The van der Waals surface area contributed by atoms with Gasteiger partial charge in [-0.15, -0.1) is 11.3 Å². The van der Waals surface area contributed by atoms with E-state index < -0.39 is 28.5 Å². The number of thiophene rings is 1. The zero-order valence-corrected chi connectivity index (χ0v) is 21.1. The van der Waals surface area contributed by atoms with Gasteiger partial charge in [0.2, 0.25) is 0 Å². The van der Waals surface area contributed by atoms with E-state index in [9.17, 15) is 18.0 Å². The largest absolute Gasteiger partial charge is 0.452 e. The molecular weight excluding hydrogens is 510 g/mol. The quantitative estimate of drug-likeness (QED) is 0.395. The number of hydrogen-bond acceptors (Lipinski definition) is 7. The SMILES string of the molecule is O=C(COC(=O)c1ccc(NS(=O)(=O)c2ccc(Cl)s2)cc1)Nc1ccc(N2CCCCC2)cc1. The van der Waals surface area contributed by atoms with Gasteiger partial charge in [-0.05, 0) is 79.9 Å². The van der Waals surface area contributed by atoms with Crippen molar-refractivity contribution < 1.29 is 22.7 Å². The molecule has 0 saturated carbocycles. The molecule has 1 fully saturated rings. The lowest BCUT2D eigenvalue weighted by molar-refractivity contribution is -0.119. The molecule has 0 atom stereocenters. The first kappa shape index (κ1) is 25.0. The molecule has 1 aromatic heterocycles. The highest BCUT2D eigenvalue weighted by atomic mass is 35.5. The number of sulfonamides is 1. The fraction of sp³-hybridized carbons (Fsp3) is 0.250. The van der Waals surface area contributed by atoms with E-state index in [4.69, 9.17) is 16.3 Å². The van der Waals surface area contributed by atoms with Gasteiger partial charge < -0.3 is 15.0 Å². The fourth-order valence-corrected chi connectivity index (χ4v) is 6.18. The van der Waals surface area contributed by atoms with Crippen molar-refractivity contribution in [3.63, 3.8) is 0 Å². The van der Waals surface area contributed by atoms with Crippen molar-refractivity contribution in [1.29, 1.82) is 0 Å². The molecule has 1 aliphatic rings. The Labute approximate surface area is 212 Å². The highest BCUT2D eigenvalue weighted by molar-refractivity contribution is 7.94. The van der Waals surface area contributed by atoms with E-state index in [1.54, 1.807) is 0 Å². The van der Waals surface area contributed by atoms with E-state index >= 15 is 0 Å². The van der Waals surface area contributed by atoms with Gasteiger partial charge in [-0.3, -0.25) is 9.52 Å². The first-order chi connectivity index (χ1) is 16.8. The third-order valence-electron chi connectivity index (χ3n) is 5.39. The van der Waals surface area contributed by atoms with Crippen molar-refractivity contribution in [2.24, 2.45) is 0 Å². The minimum absolute atomic E-state index is 0.0816. The lowest BCUT2D eigenvalue weighted by Gasteiger charge is -2.28. The Morgan fingerprint density at radius 1 is 0.914 bits per heavy atom. The summed E-state index contributed by atoms with van der Waals surface area (Å²) in [7, 11) is -3.77. The second kappa shape index (κ2) is 11.1. The number of anilines is 3. The molecule has 4 rings (SSSR count). The topological polar surface area (TPSA) is 105 Å². The molecule has 2 aromatic carbocycles. The average molecular weight is 534 g/mol. The maximum atomic E-state index is 12.4. The molecule has 11 heteroatoms. The molecule has 0 spiro atoms. The summed E-state index contributed by atoms with van der Waals surface area (Å²) in [4.78, 5) is 26.8. The molecule has 1 amide bonds. The van der Waals surface area contributed by atoms with Crippen LogP contribution in [0.15, 0.2) is 64.9 Å². The zero-order chi connectivity index (χ0) is 24.8. The van der Waals surface area contributed by atoms with Crippen molar-refractivity contribution >= 4 is 61.9 Å². The first-order valence-corrected chi connectivity index (χ1v) is 13.7. The minimum atomic E-state index is -3.77. The number of halogens is 1. The molecule has 1 saturated heterocycles. The van der Waals surface area contributed by atoms with Crippen LogP contribution in [0, 0.1) is 0 Å². The Balaban J connectivity index is 1.26. The van der Waals surface area contributed by atoms with Gasteiger partial charge in [0.25, 0.3) is 15.9 Å². The highest BCUT2D eigenvalue weighted by Crippen LogP contribution is 2.27. The van der Waals surface area contributed by atoms with Crippen LogP contribution in [0.3, 0.4) is 0 Å². The Morgan fingerprint density at radius 3 is 2.20 bits per heavy atom. The number of nitrogens with one attached hydrogen (secondary N) is 2. The molecule has 0 aliphatic carbocycles. The van der Waals surface area contributed by atoms with Gasteiger partial charge in [0.05, 0.1) is 9.90 Å². The van der Waals surface area contributed by atoms with Crippen molar-refractivity contribution in [2.75, 3.05) is 34.6 Å². The monoisotopic (exact) mass is 533 g/mol. The van der Waals surface area contributed by atoms with Crippen molar-refractivity contribution in [3.05, 3.63) is 70.6 Å². The normalized spacial score (nSPS) is 13.8. The number of nitrogens with zero attached hydrogens (tertiary/aromatic N) is 1. The van der Waals surface area contributed by atoms with Gasteiger partial charge >= 0.3 is 5.97 Å². The van der Waals surface area contributed by atoms with E-state index in [0.717, 1.165) is 30.1 Å². The summed E-state index contributed by atoms with van der Waals surface area (Å²) in [5.41, 5.74) is 2.21. The van der Waals surface area contributed by atoms with Gasteiger partial charge in [0.15, 0.2) is 6.61 Å². The third kappa shape index (κ3) is 6.74. The fourth-order valence-electron chi connectivity index (χ4n) is 3.64. The smallest absolute Gasteiger partial charge is 0.338 e. The maximum absolute atomic E-state index is 12.4. The number of hydrogen-bond donors (Lipinski definition) is 2. The summed E-state index contributed by atoms with van der Waals surface area (Å²) < 4.78 is 32.7. The van der Waals surface area contributed by atoms with E-state index in [-0.39, 0.29) is 15.5 Å². The summed E-state index contributed by atoms with van der Waals surface area (Å²) in [5, 5.41) is 2.71. The van der Waals surface area contributed by atoms with Gasteiger partial charge in [-0.2, -0.15) is 0 Å². The molecule has 35 heavy (non-hydrogen) atoms. The van der Waals surface area contributed by atoms with E-state index in [2.05, 4.69) is 14.9 Å². The zero-order valence-electron chi connectivity index (χ0n) is 18.7. The lowest BCUT2D eigenvalue weighted by Crippen LogP contribution is -2.29. The van der Waals surface area contributed by atoms with E-state index in [1.165, 1.54) is 55.7 Å². The minimum Gasteiger partial charge on any atom is -0.452 e. The number of rotatable bonds is 8. The van der Waals surface area contributed by atoms with E-state index in [0.29, 0.717) is 10.0 Å². The lowest BCUT2D eigenvalue weighted by atomic mass is 10.1. The van der Waals surface area contributed by atoms with Gasteiger partial charge in [0.1, 0.15) is 4.21 Å². The number of ether oxygens (including phenoxy) is 1. The van der Waals surface area contributed by atoms with Crippen LogP contribution in [0.25, 0.3) is 0 Å². The number of carbonyl (C=O) groups excluding carboxylic acids is 2. The number of esters is 1. The number of carbonyl (C=O) groups is 2. The second-order valence-corrected chi connectivity index (χ2v) is 11.6. The Kier molecular flexibility index (Phi) is 7.94. The predicted octanol–water partition coefficient (Wildman–Crippen LogP) is 4.99. The molecule has 3 aromatic rings. The maximum Gasteiger partial charge on any atom is 0.338 e. The number of amides is 1. The summed E-state index contributed by atoms with van der Waals surface area (Å²) in [5.74, 6) is -1.15. The average Bonchev–Trinajstić information content (AvgIpc) is 3.31. The van der Waals surface area contributed by atoms with Crippen LogP contribution in [0.5, 0.6) is 0 Å². The van der Waals surface area contributed by atoms with Crippen LogP contribution < -0.4 is 14.9 Å². The summed E-state index contributed by atoms with van der Waals surface area (Å²) in [6.07, 6.45) is 3.64. The van der Waals surface area contributed by atoms with Gasteiger partial charge in [-0.1, -0.05) is 11.6 Å². The van der Waals surface area contributed by atoms with Crippen LogP contribution in [0.1, 0.15) is 29.6 Å².